The maximum Gasteiger partial charge on any atom is 0.244 e. The summed E-state index contributed by atoms with van der Waals surface area (Å²) in [4.78, 5) is 22.4. The lowest BCUT2D eigenvalue weighted by molar-refractivity contribution is -0.123. The quantitative estimate of drug-likeness (QED) is 0.279. The first-order chi connectivity index (χ1) is 21.7. The van der Waals surface area contributed by atoms with Gasteiger partial charge in [-0.05, 0) is 61.0 Å². The Morgan fingerprint density at radius 1 is 0.911 bits per heavy atom. The van der Waals surface area contributed by atoms with Gasteiger partial charge in [-0.25, -0.2) is 22.2 Å². The number of amides is 1. The van der Waals surface area contributed by atoms with Crippen LogP contribution in [0, 0.1) is 18.6 Å². The summed E-state index contributed by atoms with van der Waals surface area (Å²) in [5.74, 6) is -0.518. The van der Waals surface area contributed by atoms with Crippen LogP contribution in [0.5, 0.6) is 0 Å². The number of carbonyl (C=O) groups is 1. The van der Waals surface area contributed by atoms with Crippen molar-refractivity contribution < 1.29 is 22.0 Å². The highest BCUT2D eigenvalue weighted by molar-refractivity contribution is 7.89. The van der Waals surface area contributed by atoms with Gasteiger partial charge in [0.05, 0.1) is 16.3 Å². The minimum atomic E-state index is -4.03. The van der Waals surface area contributed by atoms with Crippen LogP contribution < -0.4 is 15.1 Å². The molecule has 0 aliphatic carbocycles. The molecule has 2 aliphatic heterocycles. The van der Waals surface area contributed by atoms with E-state index in [4.69, 9.17) is 4.98 Å². The van der Waals surface area contributed by atoms with Crippen LogP contribution in [0.4, 0.5) is 20.3 Å². The minimum Gasteiger partial charge on any atom is -0.366 e. The molecule has 1 aromatic heterocycles. The van der Waals surface area contributed by atoms with Gasteiger partial charge in [0.25, 0.3) is 0 Å². The van der Waals surface area contributed by atoms with Crippen molar-refractivity contribution in [3.8, 4) is 11.3 Å². The van der Waals surface area contributed by atoms with Crippen molar-refractivity contribution in [3.05, 3.63) is 120 Å². The largest absolute Gasteiger partial charge is 0.366 e. The molecule has 0 bridgehead atoms. The average Bonchev–Trinajstić information content (AvgIpc) is 3.56. The molecule has 1 atom stereocenters. The van der Waals surface area contributed by atoms with Crippen molar-refractivity contribution >= 4 is 27.4 Å². The maximum atomic E-state index is 14.4. The van der Waals surface area contributed by atoms with Crippen LogP contribution in [-0.2, 0) is 21.4 Å². The highest BCUT2D eigenvalue weighted by Gasteiger charge is 2.36. The molecule has 45 heavy (non-hydrogen) atoms. The van der Waals surface area contributed by atoms with Gasteiger partial charge in [0, 0.05) is 44.8 Å². The number of halogens is 2. The number of nitrogens with zero attached hydrogens (tertiary/aromatic N) is 4. The summed E-state index contributed by atoms with van der Waals surface area (Å²) in [6, 6.07) is 22.2. The third kappa shape index (κ3) is 6.59. The summed E-state index contributed by atoms with van der Waals surface area (Å²) in [7, 11) is -4.03. The number of carbonyl (C=O) groups excluding carboxylic acids is 1. The monoisotopic (exact) mass is 629 g/mol. The number of benzene rings is 3. The molecule has 6 rings (SSSR count). The minimum absolute atomic E-state index is 0.0353. The SMILES string of the molecule is Cc1ccc(-c2cc(CNC(=O)[C@@H]3C=CCN3S(=O)(=O)c3ccc(F)cc3)cc(N3CCN(c4ccccc4F)CC3)n2)cc1. The van der Waals surface area contributed by atoms with Crippen molar-refractivity contribution in [2.75, 3.05) is 42.5 Å². The van der Waals surface area contributed by atoms with E-state index in [1.165, 1.54) is 18.2 Å². The van der Waals surface area contributed by atoms with Crippen molar-refractivity contribution in [1.82, 2.24) is 14.6 Å². The number of rotatable bonds is 8. The number of para-hydroxylation sites is 1. The average molecular weight is 630 g/mol. The molecular weight excluding hydrogens is 596 g/mol. The van der Waals surface area contributed by atoms with Crippen molar-refractivity contribution in [1.29, 1.82) is 0 Å². The second-order valence-corrected chi connectivity index (χ2v) is 13.0. The number of nitrogens with one attached hydrogen (secondary N) is 1. The van der Waals surface area contributed by atoms with Gasteiger partial charge in [0.1, 0.15) is 23.5 Å². The molecule has 11 heteroatoms. The van der Waals surface area contributed by atoms with E-state index < -0.39 is 27.8 Å². The Labute approximate surface area is 261 Å². The van der Waals surface area contributed by atoms with Crippen LogP contribution in [0.15, 0.2) is 102 Å². The predicted octanol–water partition coefficient (Wildman–Crippen LogP) is 4.91. The smallest absolute Gasteiger partial charge is 0.244 e. The molecule has 8 nitrogen and oxygen atoms in total. The Hall–Kier alpha value is -4.61. The Bertz CT molecular complexity index is 1820. The first-order valence-electron chi connectivity index (χ1n) is 14.7. The highest BCUT2D eigenvalue weighted by Crippen LogP contribution is 2.27. The summed E-state index contributed by atoms with van der Waals surface area (Å²) in [6.45, 7) is 4.71. The van der Waals surface area contributed by atoms with Crippen LogP contribution in [0.1, 0.15) is 11.1 Å². The van der Waals surface area contributed by atoms with Crippen LogP contribution in [-0.4, -0.2) is 62.4 Å². The van der Waals surface area contributed by atoms with Crippen LogP contribution in [0.25, 0.3) is 11.3 Å². The molecule has 0 radical (unpaired) electrons. The molecule has 1 amide bonds. The first kappa shape index (κ1) is 30.4. The number of sulfonamides is 1. The second-order valence-electron chi connectivity index (χ2n) is 11.1. The third-order valence-corrected chi connectivity index (χ3v) is 9.95. The zero-order valence-corrected chi connectivity index (χ0v) is 25.6. The van der Waals surface area contributed by atoms with E-state index in [0.717, 1.165) is 44.6 Å². The summed E-state index contributed by atoms with van der Waals surface area (Å²) < 4.78 is 55.4. The number of hydrogen-bond donors (Lipinski definition) is 1. The van der Waals surface area contributed by atoms with Gasteiger partial charge in [0.2, 0.25) is 15.9 Å². The topological polar surface area (TPSA) is 85.8 Å². The van der Waals surface area contributed by atoms with Gasteiger partial charge < -0.3 is 15.1 Å². The van der Waals surface area contributed by atoms with E-state index >= 15 is 0 Å². The first-order valence-corrected chi connectivity index (χ1v) is 16.2. The molecule has 3 heterocycles. The molecule has 3 aromatic carbocycles. The lowest BCUT2D eigenvalue weighted by Gasteiger charge is -2.37. The third-order valence-electron chi connectivity index (χ3n) is 8.09. The number of hydrogen-bond acceptors (Lipinski definition) is 6. The van der Waals surface area contributed by atoms with Gasteiger partial charge in [0.15, 0.2) is 0 Å². The zero-order valence-electron chi connectivity index (χ0n) is 24.7. The highest BCUT2D eigenvalue weighted by atomic mass is 32.2. The van der Waals surface area contributed by atoms with E-state index in [2.05, 4.69) is 10.2 Å². The van der Waals surface area contributed by atoms with Crippen molar-refractivity contribution in [3.63, 3.8) is 0 Å². The molecule has 4 aromatic rings. The van der Waals surface area contributed by atoms with E-state index in [0.29, 0.717) is 31.9 Å². The fraction of sp³-hybridized carbons (Fsp3) is 0.235. The Morgan fingerprint density at radius 3 is 2.31 bits per heavy atom. The molecule has 2 aliphatic rings. The van der Waals surface area contributed by atoms with Gasteiger partial charge in [-0.15, -0.1) is 0 Å². The van der Waals surface area contributed by atoms with Gasteiger partial charge in [-0.1, -0.05) is 54.1 Å². The lowest BCUT2D eigenvalue weighted by atomic mass is 10.1. The number of pyridine rings is 1. The summed E-state index contributed by atoms with van der Waals surface area (Å²) in [5.41, 5.74) is 4.18. The molecule has 1 fully saturated rings. The standard InChI is InChI=1S/C34H33F2N5O3S/c1-24-8-10-26(11-9-24)30-21-25(22-33(38-30)40-19-17-39(18-20-40)31-6-3-2-5-29(31)36)23-37-34(42)32-7-4-16-41(32)45(43,44)28-14-12-27(35)13-15-28/h2-15,21-22,32H,16-20,23H2,1H3,(H,37,42)/t32-/m0/s1. The Morgan fingerprint density at radius 2 is 1.60 bits per heavy atom. The van der Waals surface area contributed by atoms with Gasteiger partial charge in [-0.3, -0.25) is 4.79 Å². The lowest BCUT2D eigenvalue weighted by Crippen LogP contribution is -2.47. The van der Waals surface area contributed by atoms with Crippen molar-refractivity contribution in [2.45, 2.75) is 24.4 Å². The molecule has 0 unspecified atom stereocenters. The second kappa shape index (κ2) is 12.8. The fourth-order valence-corrected chi connectivity index (χ4v) is 7.09. The van der Waals surface area contributed by atoms with Crippen LogP contribution >= 0.6 is 0 Å². The summed E-state index contributed by atoms with van der Waals surface area (Å²) >= 11 is 0. The summed E-state index contributed by atoms with van der Waals surface area (Å²) in [6.07, 6.45) is 3.19. The Balaban J connectivity index is 1.20. The van der Waals surface area contributed by atoms with E-state index in [1.807, 2.05) is 54.3 Å². The van der Waals surface area contributed by atoms with Gasteiger partial charge >= 0.3 is 0 Å². The van der Waals surface area contributed by atoms with E-state index in [9.17, 15) is 22.0 Å². The Kier molecular flexibility index (Phi) is 8.64. The fourth-order valence-electron chi connectivity index (χ4n) is 5.60. The predicted molar refractivity (Wildman–Crippen MR) is 170 cm³/mol. The number of anilines is 2. The zero-order chi connectivity index (χ0) is 31.6. The van der Waals surface area contributed by atoms with E-state index in [-0.39, 0.29) is 23.8 Å². The molecule has 1 N–H and O–H groups in total. The summed E-state index contributed by atoms with van der Waals surface area (Å²) in [5, 5.41) is 2.90. The maximum absolute atomic E-state index is 14.4. The molecular formula is C34H33F2N5O3S. The molecule has 0 spiro atoms. The number of piperazine rings is 1. The van der Waals surface area contributed by atoms with Gasteiger partial charge in [-0.2, -0.15) is 4.31 Å². The molecule has 1 saturated heterocycles. The van der Waals surface area contributed by atoms with Crippen LogP contribution in [0.3, 0.4) is 0 Å². The number of aryl methyl sites for hydroxylation is 1. The molecule has 232 valence electrons. The van der Waals surface area contributed by atoms with Crippen LogP contribution in [0.2, 0.25) is 0 Å². The normalized spacial score (nSPS) is 17.1. The van der Waals surface area contributed by atoms with E-state index in [1.54, 1.807) is 24.3 Å². The van der Waals surface area contributed by atoms with Crippen molar-refractivity contribution in [2.24, 2.45) is 0 Å². The number of aromatic nitrogens is 1. The molecule has 0 saturated carbocycles.